The van der Waals surface area contributed by atoms with E-state index in [1.165, 1.54) is 11.1 Å². The van der Waals surface area contributed by atoms with Crippen LogP contribution in [0.5, 0.6) is 0 Å². The Balaban J connectivity index is 2.24. The van der Waals surface area contributed by atoms with Crippen LogP contribution in [-0.4, -0.2) is 24.1 Å². The summed E-state index contributed by atoms with van der Waals surface area (Å²) < 4.78 is 0. The van der Waals surface area contributed by atoms with E-state index in [9.17, 15) is 0 Å². The van der Waals surface area contributed by atoms with Crippen molar-refractivity contribution >= 4 is 11.6 Å². The molecule has 0 aliphatic rings. The van der Waals surface area contributed by atoms with Gasteiger partial charge in [0.1, 0.15) is 17.5 Å². The van der Waals surface area contributed by atoms with Crippen LogP contribution in [0.25, 0.3) is 0 Å². The first-order chi connectivity index (χ1) is 9.63. The van der Waals surface area contributed by atoms with E-state index in [1.54, 1.807) is 0 Å². The predicted molar refractivity (Wildman–Crippen MR) is 84.2 cm³/mol. The van der Waals surface area contributed by atoms with E-state index in [2.05, 4.69) is 65.3 Å². The molecule has 0 aliphatic heterocycles. The van der Waals surface area contributed by atoms with Gasteiger partial charge >= 0.3 is 0 Å². The molecule has 0 bridgehead atoms. The number of anilines is 2. The molecule has 4 heteroatoms. The van der Waals surface area contributed by atoms with Crippen LogP contribution in [0.3, 0.4) is 0 Å². The molecule has 0 spiro atoms. The first kappa shape index (κ1) is 14.3. The first-order valence-electron chi connectivity index (χ1n) is 6.95. The fourth-order valence-electron chi connectivity index (χ4n) is 2.09. The molecule has 1 aromatic heterocycles. The number of nitrogens with zero attached hydrogens (tertiary/aromatic N) is 3. The van der Waals surface area contributed by atoms with Gasteiger partial charge in [0.15, 0.2) is 0 Å². The average Bonchev–Trinajstić information content (AvgIpc) is 2.48. The molecule has 0 fully saturated rings. The monoisotopic (exact) mass is 270 g/mol. The Bertz CT molecular complexity index is 558. The zero-order chi connectivity index (χ0) is 14.5. The van der Waals surface area contributed by atoms with Gasteiger partial charge in [-0.2, -0.15) is 0 Å². The van der Waals surface area contributed by atoms with Crippen LogP contribution in [0.15, 0.2) is 30.3 Å². The van der Waals surface area contributed by atoms with Crippen LogP contribution < -0.4 is 10.2 Å². The fourth-order valence-corrected chi connectivity index (χ4v) is 2.09. The second-order valence-corrected chi connectivity index (χ2v) is 4.91. The lowest BCUT2D eigenvalue weighted by atomic mass is 10.1. The maximum absolute atomic E-state index is 4.60. The summed E-state index contributed by atoms with van der Waals surface area (Å²) in [4.78, 5) is 11.2. The Morgan fingerprint density at radius 3 is 2.60 bits per heavy atom. The van der Waals surface area contributed by atoms with Crippen molar-refractivity contribution in [3.05, 3.63) is 47.3 Å². The molecule has 2 rings (SSSR count). The maximum atomic E-state index is 4.60. The van der Waals surface area contributed by atoms with Crippen molar-refractivity contribution in [1.82, 2.24) is 9.97 Å². The van der Waals surface area contributed by atoms with Gasteiger partial charge < -0.3 is 10.2 Å². The maximum Gasteiger partial charge on any atom is 0.134 e. The van der Waals surface area contributed by atoms with E-state index < -0.39 is 0 Å². The van der Waals surface area contributed by atoms with Crippen molar-refractivity contribution in [2.75, 3.05) is 24.3 Å². The molecule has 0 atom stereocenters. The molecule has 1 aromatic carbocycles. The zero-order valence-electron chi connectivity index (χ0n) is 12.6. The predicted octanol–water partition coefficient (Wildman–Crippen LogP) is 3.03. The molecule has 1 heterocycles. The standard InChI is InChI=1S/C16H22N4/c1-5-14-18-15(17-3)10-16(19-14)20(4)11-13-9-7-6-8-12(13)2/h6-10H,5,11H2,1-4H3,(H,17,18,19). The van der Waals surface area contributed by atoms with Crippen molar-refractivity contribution in [2.45, 2.75) is 26.8 Å². The molecule has 0 aliphatic carbocycles. The lowest BCUT2D eigenvalue weighted by Gasteiger charge is -2.20. The lowest BCUT2D eigenvalue weighted by molar-refractivity contribution is 0.856. The van der Waals surface area contributed by atoms with Gasteiger partial charge in [0.25, 0.3) is 0 Å². The summed E-state index contributed by atoms with van der Waals surface area (Å²) in [5, 5.41) is 3.09. The quantitative estimate of drug-likeness (QED) is 0.906. The van der Waals surface area contributed by atoms with Gasteiger partial charge in [-0.1, -0.05) is 31.2 Å². The molecule has 2 aromatic rings. The molecular formula is C16H22N4. The number of rotatable bonds is 5. The molecule has 20 heavy (non-hydrogen) atoms. The summed E-state index contributed by atoms with van der Waals surface area (Å²) in [5.74, 6) is 2.68. The third-order valence-corrected chi connectivity index (χ3v) is 3.39. The molecule has 0 radical (unpaired) electrons. The largest absolute Gasteiger partial charge is 0.373 e. The number of hydrogen-bond acceptors (Lipinski definition) is 4. The average molecular weight is 270 g/mol. The van der Waals surface area contributed by atoms with E-state index in [0.29, 0.717) is 0 Å². The van der Waals surface area contributed by atoms with Gasteiger partial charge in [-0.3, -0.25) is 0 Å². The molecule has 0 unspecified atom stereocenters. The van der Waals surface area contributed by atoms with Crippen LogP contribution in [0.4, 0.5) is 11.6 Å². The van der Waals surface area contributed by atoms with Crippen molar-refractivity contribution in [3.8, 4) is 0 Å². The Kier molecular flexibility index (Phi) is 4.56. The summed E-state index contributed by atoms with van der Waals surface area (Å²) in [7, 11) is 3.94. The molecule has 0 saturated heterocycles. The molecule has 106 valence electrons. The van der Waals surface area contributed by atoms with Gasteiger partial charge in [0.2, 0.25) is 0 Å². The number of aromatic nitrogens is 2. The van der Waals surface area contributed by atoms with Gasteiger partial charge in [0.05, 0.1) is 0 Å². The summed E-state index contributed by atoms with van der Waals surface area (Å²) in [6.07, 6.45) is 0.834. The highest BCUT2D eigenvalue weighted by atomic mass is 15.2. The third kappa shape index (κ3) is 3.26. The van der Waals surface area contributed by atoms with Gasteiger partial charge in [0, 0.05) is 33.1 Å². The molecule has 1 N–H and O–H groups in total. The molecule has 4 nitrogen and oxygen atoms in total. The zero-order valence-corrected chi connectivity index (χ0v) is 12.6. The normalized spacial score (nSPS) is 10.4. The second kappa shape index (κ2) is 6.37. The van der Waals surface area contributed by atoms with Crippen LogP contribution in [0.2, 0.25) is 0 Å². The van der Waals surface area contributed by atoms with Crippen molar-refractivity contribution in [1.29, 1.82) is 0 Å². The highest BCUT2D eigenvalue weighted by Gasteiger charge is 2.08. The second-order valence-electron chi connectivity index (χ2n) is 4.91. The Morgan fingerprint density at radius 1 is 1.20 bits per heavy atom. The van der Waals surface area contributed by atoms with Crippen molar-refractivity contribution in [3.63, 3.8) is 0 Å². The van der Waals surface area contributed by atoms with E-state index in [0.717, 1.165) is 30.4 Å². The minimum atomic E-state index is 0.834. The smallest absolute Gasteiger partial charge is 0.134 e. The number of hydrogen-bond donors (Lipinski definition) is 1. The summed E-state index contributed by atoms with van der Waals surface area (Å²) in [5.41, 5.74) is 2.62. The highest BCUT2D eigenvalue weighted by Crippen LogP contribution is 2.18. The number of nitrogens with one attached hydrogen (secondary N) is 1. The topological polar surface area (TPSA) is 41.1 Å². The summed E-state index contributed by atoms with van der Waals surface area (Å²) in [6, 6.07) is 10.4. The molecule has 0 saturated carbocycles. The van der Waals surface area contributed by atoms with Crippen LogP contribution in [-0.2, 0) is 13.0 Å². The Morgan fingerprint density at radius 2 is 1.95 bits per heavy atom. The van der Waals surface area contributed by atoms with Crippen LogP contribution in [0.1, 0.15) is 23.9 Å². The SMILES string of the molecule is CCc1nc(NC)cc(N(C)Cc2ccccc2C)n1. The highest BCUT2D eigenvalue weighted by molar-refractivity contribution is 5.49. The minimum absolute atomic E-state index is 0.834. The Labute approximate surface area is 120 Å². The first-order valence-corrected chi connectivity index (χ1v) is 6.95. The van der Waals surface area contributed by atoms with E-state index in [1.807, 2.05) is 13.1 Å². The molecule has 0 amide bonds. The Hall–Kier alpha value is -2.10. The van der Waals surface area contributed by atoms with E-state index in [-0.39, 0.29) is 0 Å². The summed E-state index contributed by atoms with van der Waals surface area (Å²) >= 11 is 0. The number of benzene rings is 1. The van der Waals surface area contributed by atoms with Gasteiger partial charge in [-0.15, -0.1) is 0 Å². The molecular weight excluding hydrogens is 248 g/mol. The van der Waals surface area contributed by atoms with E-state index in [4.69, 9.17) is 0 Å². The fraction of sp³-hybridized carbons (Fsp3) is 0.375. The lowest BCUT2D eigenvalue weighted by Crippen LogP contribution is -2.19. The third-order valence-electron chi connectivity index (χ3n) is 3.39. The number of aryl methyl sites for hydroxylation is 2. The van der Waals surface area contributed by atoms with Crippen molar-refractivity contribution < 1.29 is 0 Å². The minimum Gasteiger partial charge on any atom is -0.373 e. The van der Waals surface area contributed by atoms with Crippen LogP contribution in [0, 0.1) is 6.92 Å². The van der Waals surface area contributed by atoms with Crippen molar-refractivity contribution in [2.24, 2.45) is 0 Å². The summed E-state index contributed by atoms with van der Waals surface area (Å²) in [6.45, 7) is 5.05. The van der Waals surface area contributed by atoms with Gasteiger partial charge in [-0.25, -0.2) is 9.97 Å². The van der Waals surface area contributed by atoms with Crippen LogP contribution >= 0.6 is 0 Å². The van der Waals surface area contributed by atoms with E-state index >= 15 is 0 Å². The van der Waals surface area contributed by atoms with Gasteiger partial charge in [-0.05, 0) is 18.1 Å².